The molecule has 6 atom stereocenters. The SMILES string of the molecule is C#C.CCC12CCC3C4CCC(=O)C=C4CCC3C1CCC2OC(=O)COc1ccc(OC)cc1. The number of benzene rings is 1. The van der Waals surface area contributed by atoms with Gasteiger partial charge in [0.2, 0.25) is 0 Å². The number of hydrogen-bond donors (Lipinski definition) is 0. The molecule has 188 valence electrons. The Morgan fingerprint density at radius 3 is 2.46 bits per heavy atom. The molecule has 5 heteroatoms. The second-order valence-electron chi connectivity index (χ2n) is 10.4. The van der Waals surface area contributed by atoms with Crippen LogP contribution in [0.4, 0.5) is 0 Å². The van der Waals surface area contributed by atoms with E-state index in [1.807, 2.05) is 18.2 Å². The van der Waals surface area contributed by atoms with E-state index in [-0.39, 0.29) is 24.1 Å². The summed E-state index contributed by atoms with van der Waals surface area (Å²) in [5.41, 5.74) is 1.52. The van der Waals surface area contributed by atoms with E-state index < -0.39 is 0 Å². The summed E-state index contributed by atoms with van der Waals surface area (Å²) >= 11 is 0. The molecule has 0 aromatic heterocycles. The van der Waals surface area contributed by atoms with Crippen molar-refractivity contribution in [3.63, 3.8) is 0 Å². The first-order valence-electron chi connectivity index (χ1n) is 13.1. The van der Waals surface area contributed by atoms with Crippen LogP contribution < -0.4 is 9.47 Å². The number of rotatable bonds is 6. The average molecular weight is 479 g/mol. The van der Waals surface area contributed by atoms with Crippen LogP contribution in [0.25, 0.3) is 0 Å². The normalized spacial score (nSPS) is 33.1. The highest BCUT2D eigenvalue weighted by Gasteiger charge is 2.58. The third-order valence-electron chi connectivity index (χ3n) is 9.29. The van der Waals surface area contributed by atoms with Gasteiger partial charge in [-0.3, -0.25) is 4.79 Å². The number of fused-ring (bicyclic) bond motifs is 5. The molecule has 5 rings (SSSR count). The Bertz CT molecular complexity index is 961. The molecule has 1 aromatic carbocycles. The quantitative estimate of drug-likeness (QED) is 0.384. The minimum absolute atomic E-state index is 0.00899. The lowest BCUT2D eigenvalue weighted by Gasteiger charge is -2.54. The predicted octanol–water partition coefficient (Wildman–Crippen LogP) is 5.77. The molecule has 3 saturated carbocycles. The molecule has 35 heavy (non-hydrogen) atoms. The van der Waals surface area contributed by atoms with E-state index >= 15 is 0 Å². The minimum atomic E-state index is -0.272. The summed E-state index contributed by atoms with van der Waals surface area (Å²) in [4.78, 5) is 24.7. The zero-order valence-corrected chi connectivity index (χ0v) is 21.0. The van der Waals surface area contributed by atoms with Crippen LogP contribution >= 0.6 is 0 Å². The molecule has 0 heterocycles. The number of carbonyl (C=O) groups is 2. The molecular weight excluding hydrogens is 440 g/mol. The molecule has 5 nitrogen and oxygen atoms in total. The lowest BCUT2D eigenvalue weighted by Crippen LogP contribution is -2.49. The minimum Gasteiger partial charge on any atom is -0.497 e. The van der Waals surface area contributed by atoms with Crippen molar-refractivity contribution in [3.05, 3.63) is 35.9 Å². The Kier molecular flexibility index (Phi) is 7.89. The van der Waals surface area contributed by atoms with Gasteiger partial charge in [-0.2, -0.15) is 0 Å². The van der Waals surface area contributed by atoms with Gasteiger partial charge in [0.05, 0.1) is 7.11 Å². The summed E-state index contributed by atoms with van der Waals surface area (Å²) in [5.74, 6) is 4.09. The van der Waals surface area contributed by atoms with E-state index in [0.717, 1.165) is 50.7 Å². The van der Waals surface area contributed by atoms with Crippen LogP contribution in [0.1, 0.15) is 64.7 Å². The molecule has 0 saturated heterocycles. The van der Waals surface area contributed by atoms with Crippen LogP contribution in [-0.2, 0) is 14.3 Å². The van der Waals surface area contributed by atoms with Crippen LogP contribution in [0, 0.1) is 41.9 Å². The molecule has 3 fully saturated rings. The van der Waals surface area contributed by atoms with Crippen molar-refractivity contribution < 1.29 is 23.8 Å². The van der Waals surface area contributed by atoms with Gasteiger partial charge in [-0.05, 0) is 105 Å². The van der Waals surface area contributed by atoms with Crippen molar-refractivity contribution in [3.8, 4) is 24.3 Å². The van der Waals surface area contributed by atoms with Gasteiger partial charge < -0.3 is 14.2 Å². The maximum Gasteiger partial charge on any atom is 0.344 e. The standard InChI is InChI=1S/C28H36O5.C2H2/c1-3-28-15-14-23-22-11-5-19(29)16-18(22)4-10-24(23)25(28)12-13-26(28)33-27(30)17-32-21-8-6-20(31-2)7-9-21;1-2/h6-9,16,22-26H,3-5,10-15,17H2,1-2H3;1-2H. The number of ether oxygens (including phenoxy) is 3. The van der Waals surface area contributed by atoms with E-state index in [1.165, 1.54) is 18.4 Å². The van der Waals surface area contributed by atoms with E-state index in [2.05, 4.69) is 19.8 Å². The van der Waals surface area contributed by atoms with Gasteiger partial charge in [-0.25, -0.2) is 4.79 Å². The first-order chi connectivity index (χ1) is 17.0. The maximum atomic E-state index is 12.7. The van der Waals surface area contributed by atoms with E-state index in [0.29, 0.717) is 35.2 Å². The van der Waals surface area contributed by atoms with Crippen LogP contribution in [-0.4, -0.2) is 31.6 Å². The largest absolute Gasteiger partial charge is 0.497 e. The summed E-state index contributed by atoms with van der Waals surface area (Å²) in [5, 5.41) is 0. The van der Waals surface area contributed by atoms with E-state index in [4.69, 9.17) is 14.2 Å². The second kappa shape index (κ2) is 10.9. The molecule has 0 bridgehead atoms. The molecule has 0 aliphatic heterocycles. The Morgan fingerprint density at radius 2 is 1.74 bits per heavy atom. The highest BCUT2D eigenvalue weighted by Crippen LogP contribution is 2.63. The summed E-state index contributed by atoms with van der Waals surface area (Å²) in [6.45, 7) is 2.21. The van der Waals surface area contributed by atoms with E-state index in [9.17, 15) is 9.59 Å². The average Bonchev–Trinajstić information content (AvgIpc) is 3.27. The zero-order valence-electron chi connectivity index (χ0n) is 21.0. The molecule has 0 spiro atoms. The summed E-state index contributed by atoms with van der Waals surface area (Å²) < 4.78 is 16.9. The predicted molar refractivity (Wildman–Crippen MR) is 135 cm³/mol. The summed E-state index contributed by atoms with van der Waals surface area (Å²) in [7, 11) is 1.62. The number of hydrogen-bond acceptors (Lipinski definition) is 5. The number of ketones is 1. The molecular formula is C30H38O5. The van der Waals surface area contributed by atoms with Crippen molar-refractivity contribution in [2.45, 2.75) is 70.8 Å². The molecule has 0 radical (unpaired) electrons. The molecule has 6 unspecified atom stereocenters. The van der Waals surface area contributed by atoms with Crippen LogP contribution in [0.2, 0.25) is 0 Å². The molecule has 0 N–H and O–H groups in total. The highest BCUT2D eigenvalue weighted by atomic mass is 16.6. The number of allylic oxidation sites excluding steroid dienone is 1. The monoisotopic (exact) mass is 478 g/mol. The van der Waals surface area contributed by atoms with Crippen molar-refractivity contribution in [2.75, 3.05) is 13.7 Å². The molecule has 0 amide bonds. The topological polar surface area (TPSA) is 61.8 Å². The van der Waals surface area contributed by atoms with Gasteiger partial charge in [0, 0.05) is 11.8 Å². The highest BCUT2D eigenvalue weighted by molar-refractivity contribution is 5.91. The zero-order chi connectivity index (χ0) is 25.0. The van der Waals surface area contributed by atoms with Crippen LogP contribution in [0.5, 0.6) is 11.5 Å². The Hall–Kier alpha value is -2.74. The van der Waals surface area contributed by atoms with Crippen LogP contribution in [0.3, 0.4) is 0 Å². The number of carbonyl (C=O) groups excluding carboxylic acids is 2. The third kappa shape index (κ3) is 4.85. The van der Waals surface area contributed by atoms with Gasteiger partial charge in [0.15, 0.2) is 12.4 Å². The lowest BCUT2D eigenvalue weighted by molar-refractivity contribution is -0.163. The molecule has 4 aliphatic carbocycles. The fourth-order valence-electron chi connectivity index (χ4n) is 7.79. The molecule has 1 aromatic rings. The van der Waals surface area contributed by atoms with E-state index in [1.54, 1.807) is 19.2 Å². The van der Waals surface area contributed by atoms with Crippen molar-refractivity contribution in [2.24, 2.45) is 29.1 Å². The summed E-state index contributed by atoms with van der Waals surface area (Å²) in [6.07, 6.45) is 19.5. The fraction of sp³-hybridized carbons (Fsp3) is 0.600. The lowest BCUT2D eigenvalue weighted by atomic mass is 9.51. The van der Waals surface area contributed by atoms with Gasteiger partial charge in [-0.15, -0.1) is 12.8 Å². The number of esters is 1. The van der Waals surface area contributed by atoms with Gasteiger partial charge in [0.25, 0.3) is 0 Å². The molecule has 4 aliphatic rings. The Balaban J connectivity index is 0.00000141. The second-order valence-corrected chi connectivity index (χ2v) is 10.4. The van der Waals surface area contributed by atoms with Gasteiger partial charge in [-0.1, -0.05) is 12.5 Å². The first-order valence-corrected chi connectivity index (χ1v) is 13.1. The number of terminal acetylenes is 1. The van der Waals surface area contributed by atoms with Crippen molar-refractivity contribution in [1.82, 2.24) is 0 Å². The van der Waals surface area contributed by atoms with Crippen LogP contribution in [0.15, 0.2) is 35.9 Å². The summed E-state index contributed by atoms with van der Waals surface area (Å²) in [6, 6.07) is 7.24. The third-order valence-corrected chi connectivity index (χ3v) is 9.29. The van der Waals surface area contributed by atoms with Gasteiger partial charge in [0.1, 0.15) is 17.6 Å². The van der Waals surface area contributed by atoms with Crippen molar-refractivity contribution in [1.29, 1.82) is 0 Å². The Morgan fingerprint density at radius 1 is 1.00 bits per heavy atom. The van der Waals surface area contributed by atoms with Crippen molar-refractivity contribution >= 4 is 11.8 Å². The van der Waals surface area contributed by atoms with Gasteiger partial charge >= 0.3 is 5.97 Å². The fourth-order valence-corrected chi connectivity index (χ4v) is 7.79. The maximum absolute atomic E-state index is 12.7. The smallest absolute Gasteiger partial charge is 0.344 e. The number of methoxy groups -OCH3 is 1. The first kappa shape index (κ1) is 25.4. The Labute approximate surface area is 209 Å².